The Labute approximate surface area is 135 Å². The predicted octanol–water partition coefficient (Wildman–Crippen LogP) is 1.05. The first kappa shape index (κ1) is 15.9. The second-order valence-electron chi connectivity index (χ2n) is 6.42. The number of carbonyl (C=O) groups is 1. The van der Waals surface area contributed by atoms with Crippen molar-refractivity contribution in [3.05, 3.63) is 23.3 Å². The Hall–Kier alpha value is -2.02. The van der Waals surface area contributed by atoms with E-state index in [0.717, 1.165) is 30.8 Å². The van der Waals surface area contributed by atoms with Crippen LogP contribution in [-0.4, -0.2) is 54.2 Å². The molecule has 0 bridgehead atoms. The number of likely N-dealkylation sites (tertiary alicyclic amines) is 1. The molecule has 0 saturated carbocycles. The van der Waals surface area contributed by atoms with Gasteiger partial charge in [-0.1, -0.05) is 0 Å². The van der Waals surface area contributed by atoms with Crippen molar-refractivity contribution in [2.45, 2.75) is 58.6 Å². The van der Waals surface area contributed by atoms with Gasteiger partial charge in [0, 0.05) is 24.0 Å². The molecule has 3 rings (SSSR count). The molecule has 0 aromatic carbocycles. The van der Waals surface area contributed by atoms with Crippen LogP contribution in [0.2, 0.25) is 0 Å². The number of nitrogens with zero attached hydrogens (tertiary/aromatic N) is 5. The average molecular weight is 317 g/mol. The molecule has 7 nitrogen and oxygen atoms in total. The van der Waals surface area contributed by atoms with Gasteiger partial charge in [0.15, 0.2) is 5.82 Å². The maximum absolute atomic E-state index is 12.6. The maximum Gasteiger partial charge on any atom is 0.252 e. The Kier molecular flexibility index (Phi) is 4.30. The third-order valence-corrected chi connectivity index (χ3v) is 4.28. The highest BCUT2D eigenvalue weighted by molar-refractivity contribution is 5.78. The summed E-state index contributed by atoms with van der Waals surface area (Å²) >= 11 is 0. The number of amides is 1. The summed E-state index contributed by atoms with van der Waals surface area (Å²) in [5.74, 6) is 1.06. The summed E-state index contributed by atoms with van der Waals surface area (Å²) in [6.07, 6.45) is 2.36. The van der Waals surface area contributed by atoms with Crippen LogP contribution in [0.15, 0.2) is 6.07 Å². The molecule has 124 valence electrons. The summed E-state index contributed by atoms with van der Waals surface area (Å²) in [6.45, 7) is 6.37. The Bertz CT molecular complexity index is 725. The lowest BCUT2D eigenvalue weighted by Gasteiger charge is -2.25. The van der Waals surface area contributed by atoms with Crippen LogP contribution in [0.1, 0.15) is 43.4 Å². The van der Waals surface area contributed by atoms with Crippen LogP contribution in [0.25, 0.3) is 5.78 Å². The number of aliphatic hydroxyl groups excluding tert-OH is 1. The van der Waals surface area contributed by atoms with Crippen LogP contribution in [0, 0.1) is 13.8 Å². The highest BCUT2D eigenvalue weighted by Gasteiger charge is 2.30. The van der Waals surface area contributed by atoms with E-state index in [0.29, 0.717) is 18.0 Å². The first-order chi connectivity index (χ1) is 10.9. The van der Waals surface area contributed by atoms with E-state index in [4.69, 9.17) is 0 Å². The fourth-order valence-electron chi connectivity index (χ4n) is 3.32. The highest BCUT2D eigenvalue weighted by atomic mass is 16.3. The molecule has 3 heterocycles. The van der Waals surface area contributed by atoms with Crippen molar-refractivity contribution in [2.75, 3.05) is 6.54 Å². The number of aryl methyl sites for hydroxylation is 2. The van der Waals surface area contributed by atoms with Crippen molar-refractivity contribution in [3.8, 4) is 0 Å². The van der Waals surface area contributed by atoms with Gasteiger partial charge in [0.1, 0.15) is 0 Å². The highest BCUT2D eigenvalue weighted by Crippen LogP contribution is 2.22. The van der Waals surface area contributed by atoms with Crippen LogP contribution in [0.4, 0.5) is 0 Å². The quantitative estimate of drug-likeness (QED) is 0.911. The van der Waals surface area contributed by atoms with E-state index >= 15 is 0 Å². The molecule has 1 N–H and O–H groups in total. The van der Waals surface area contributed by atoms with Crippen molar-refractivity contribution in [1.82, 2.24) is 24.5 Å². The number of carbonyl (C=O) groups excluding carboxylic acids is 1. The molecule has 2 aromatic rings. The van der Waals surface area contributed by atoms with Gasteiger partial charge in [0.2, 0.25) is 5.91 Å². The second-order valence-corrected chi connectivity index (χ2v) is 6.42. The normalized spacial score (nSPS) is 19.5. The standard InChI is InChI=1S/C16H23N5O2/c1-10-7-11(2)21-16(17-10)18-14(19-21)9-15(23)20-6-4-5-13(20)8-12(3)22/h7,12-13,22H,4-6,8-9H2,1-3H3. The van der Waals surface area contributed by atoms with E-state index in [1.54, 1.807) is 11.4 Å². The third kappa shape index (κ3) is 3.34. The van der Waals surface area contributed by atoms with Crippen molar-refractivity contribution >= 4 is 11.7 Å². The van der Waals surface area contributed by atoms with Gasteiger partial charge in [0.05, 0.1) is 12.5 Å². The van der Waals surface area contributed by atoms with Crippen LogP contribution in [0.3, 0.4) is 0 Å². The molecule has 1 amide bonds. The Balaban J connectivity index is 1.76. The molecule has 1 aliphatic rings. The molecule has 23 heavy (non-hydrogen) atoms. The van der Waals surface area contributed by atoms with Crippen molar-refractivity contribution in [3.63, 3.8) is 0 Å². The topological polar surface area (TPSA) is 83.6 Å². The monoisotopic (exact) mass is 317 g/mol. The van der Waals surface area contributed by atoms with Gasteiger partial charge in [-0.15, -0.1) is 5.10 Å². The molecule has 2 unspecified atom stereocenters. The van der Waals surface area contributed by atoms with E-state index in [2.05, 4.69) is 15.1 Å². The van der Waals surface area contributed by atoms with Crippen LogP contribution in [0.5, 0.6) is 0 Å². The number of rotatable bonds is 4. The molecular formula is C16H23N5O2. The predicted molar refractivity (Wildman–Crippen MR) is 85.0 cm³/mol. The zero-order valence-corrected chi connectivity index (χ0v) is 13.9. The maximum atomic E-state index is 12.6. The summed E-state index contributed by atoms with van der Waals surface area (Å²) in [5, 5.41) is 14.0. The van der Waals surface area contributed by atoms with Gasteiger partial charge in [-0.2, -0.15) is 4.98 Å². The fourth-order valence-corrected chi connectivity index (χ4v) is 3.32. The number of fused-ring (bicyclic) bond motifs is 1. The minimum Gasteiger partial charge on any atom is -0.393 e. The van der Waals surface area contributed by atoms with Crippen molar-refractivity contribution < 1.29 is 9.90 Å². The number of aliphatic hydroxyl groups is 1. The van der Waals surface area contributed by atoms with Crippen LogP contribution >= 0.6 is 0 Å². The zero-order chi connectivity index (χ0) is 16.6. The molecule has 0 aliphatic carbocycles. The number of aromatic nitrogens is 4. The van der Waals surface area contributed by atoms with Crippen LogP contribution in [-0.2, 0) is 11.2 Å². The van der Waals surface area contributed by atoms with Gasteiger partial charge in [-0.05, 0) is 46.1 Å². The Morgan fingerprint density at radius 3 is 2.96 bits per heavy atom. The molecule has 1 saturated heterocycles. The molecule has 7 heteroatoms. The third-order valence-electron chi connectivity index (χ3n) is 4.28. The van der Waals surface area contributed by atoms with Gasteiger partial charge < -0.3 is 10.0 Å². The summed E-state index contributed by atoms with van der Waals surface area (Å²) in [7, 11) is 0. The summed E-state index contributed by atoms with van der Waals surface area (Å²) in [5.41, 5.74) is 1.84. The van der Waals surface area contributed by atoms with Gasteiger partial charge >= 0.3 is 0 Å². The lowest BCUT2D eigenvalue weighted by Crippen LogP contribution is -2.38. The molecule has 0 spiro atoms. The summed E-state index contributed by atoms with van der Waals surface area (Å²) < 4.78 is 1.67. The Morgan fingerprint density at radius 2 is 2.22 bits per heavy atom. The van der Waals surface area contributed by atoms with E-state index < -0.39 is 6.10 Å². The lowest BCUT2D eigenvalue weighted by molar-refractivity contribution is -0.131. The largest absolute Gasteiger partial charge is 0.393 e. The van der Waals surface area contributed by atoms with Crippen LogP contribution < -0.4 is 0 Å². The number of hydrogen-bond donors (Lipinski definition) is 1. The van der Waals surface area contributed by atoms with Gasteiger partial charge in [-0.25, -0.2) is 9.50 Å². The van der Waals surface area contributed by atoms with Gasteiger partial charge in [-0.3, -0.25) is 4.79 Å². The SMILES string of the molecule is Cc1cc(C)n2nc(CC(=O)N3CCCC3CC(C)O)nc2n1. The number of hydrogen-bond acceptors (Lipinski definition) is 5. The fraction of sp³-hybridized carbons (Fsp3) is 0.625. The second kappa shape index (κ2) is 6.23. The summed E-state index contributed by atoms with van der Waals surface area (Å²) in [4.78, 5) is 23.2. The van der Waals surface area contributed by atoms with Gasteiger partial charge in [0.25, 0.3) is 5.78 Å². The molecule has 2 atom stereocenters. The lowest BCUT2D eigenvalue weighted by atomic mass is 10.1. The molecule has 0 radical (unpaired) electrons. The molecule has 2 aromatic heterocycles. The first-order valence-electron chi connectivity index (χ1n) is 8.11. The van der Waals surface area contributed by atoms with E-state index in [9.17, 15) is 9.90 Å². The van der Waals surface area contributed by atoms with E-state index in [1.165, 1.54) is 0 Å². The first-order valence-corrected chi connectivity index (χ1v) is 8.11. The Morgan fingerprint density at radius 1 is 1.43 bits per heavy atom. The minimum atomic E-state index is -0.392. The molecule has 1 fully saturated rings. The van der Waals surface area contributed by atoms with Crippen molar-refractivity contribution in [2.24, 2.45) is 0 Å². The summed E-state index contributed by atoms with van der Waals surface area (Å²) in [6, 6.07) is 2.06. The molecular weight excluding hydrogens is 294 g/mol. The van der Waals surface area contributed by atoms with Crippen molar-refractivity contribution in [1.29, 1.82) is 0 Å². The molecule has 1 aliphatic heterocycles. The smallest absolute Gasteiger partial charge is 0.252 e. The van der Waals surface area contributed by atoms with E-state index in [1.807, 2.05) is 24.8 Å². The average Bonchev–Trinajstić information content (AvgIpc) is 3.04. The zero-order valence-electron chi connectivity index (χ0n) is 13.9. The minimum absolute atomic E-state index is 0.0263. The van der Waals surface area contributed by atoms with E-state index in [-0.39, 0.29) is 18.4 Å².